The van der Waals surface area contributed by atoms with Crippen molar-refractivity contribution in [3.63, 3.8) is 0 Å². The average molecular weight is 320 g/mol. The van der Waals surface area contributed by atoms with E-state index in [1.807, 2.05) is 19.1 Å². The van der Waals surface area contributed by atoms with Crippen LogP contribution in [0.15, 0.2) is 34.5 Å². The van der Waals surface area contributed by atoms with Crippen molar-refractivity contribution in [3.05, 3.63) is 30.1 Å². The Hall–Kier alpha value is -2.08. The molecule has 23 heavy (non-hydrogen) atoms. The molecule has 1 fully saturated rings. The fraction of sp³-hybridized carbons (Fsp3) is 0.471. The fourth-order valence-electron chi connectivity index (χ4n) is 2.29. The second kappa shape index (κ2) is 7.46. The Balaban J connectivity index is 1.58. The molecule has 0 aliphatic carbocycles. The van der Waals surface area contributed by atoms with Gasteiger partial charge in [0.25, 0.3) is 6.01 Å². The second-order valence-corrected chi connectivity index (χ2v) is 5.68. The zero-order valence-electron chi connectivity index (χ0n) is 13.2. The van der Waals surface area contributed by atoms with Gasteiger partial charge in [0.15, 0.2) is 5.58 Å². The van der Waals surface area contributed by atoms with Crippen molar-refractivity contribution in [2.75, 3.05) is 31.7 Å². The lowest BCUT2D eigenvalue weighted by Gasteiger charge is -2.25. The first-order valence-corrected chi connectivity index (χ1v) is 7.91. The third-order valence-electron chi connectivity index (χ3n) is 3.93. The van der Waals surface area contributed by atoms with Gasteiger partial charge in [0.05, 0.1) is 19.5 Å². The van der Waals surface area contributed by atoms with Crippen LogP contribution in [0.25, 0.3) is 11.1 Å². The Kier molecular flexibility index (Phi) is 5.12. The largest absolute Gasteiger partial charge is 0.489 e. The van der Waals surface area contributed by atoms with E-state index in [0.717, 1.165) is 31.7 Å². The zero-order valence-corrected chi connectivity index (χ0v) is 13.2. The highest BCUT2D eigenvalue weighted by Gasteiger charge is 2.17. The number of ether oxygens (including phenoxy) is 2. The van der Waals surface area contributed by atoms with E-state index in [1.54, 1.807) is 6.07 Å². The standard InChI is InChI=1S/C17H21FN2O3/c1-2-12(8-18)11-22-14-3-4-15-16(7-14)23-17(20-15)19-6-5-13-9-21-10-13/h3-4,7-8,13H,2,5-6,9-11H2,1H3,(H,19,20)/b12-8-. The Labute approximate surface area is 134 Å². The van der Waals surface area contributed by atoms with Crippen molar-refractivity contribution >= 4 is 17.1 Å². The molecule has 0 unspecified atom stereocenters. The molecular formula is C17H21FN2O3. The maximum atomic E-state index is 12.5. The van der Waals surface area contributed by atoms with Crippen molar-refractivity contribution in [2.24, 2.45) is 5.92 Å². The summed E-state index contributed by atoms with van der Waals surface area (Å²) < 4.78 is 28.9. The van der Waals surface area contributed by atoms with Crippen molar-refractivity contribution < 1.29 is 18.3 Å². The maximum absolute atomic E-state index is 12.5. The summed E-state index contributed by atoms with van der Waals surface area (Å²) >= 11 is 0. The molecule has 1 saturated heterocycles. The topological polar surface area (TPSA) is 56.5 Å². The third-order valence-corrected chi connectivity index (χ3v) is 3.93. The number of halogens is 1. The van der Waals surface area contributed by atoms with Crippen LogP contribution in [0.5, 0.6) is 5.75 Å². The molecule has 1 aliphatic rings. The Bertz CT molecular complexity index is 680. The molecule has 3 rings (SSSR count). The summed E-state index contributed by atoms with van der Waals surface area (Å²) in [6.07, 6.45) is 2.27. The molecule has 5 nitrogen and oxygen atoms in total. The summed E-state index contributed by atoms with van der Waals surface area (Å²) in [6.45, 7) is 4.64. The molecule has 2 heterocycles. The summed E-state index contributed by atoms with van der Waals surface area (Å²) in [5.41, 5.74) is 2.04. The number of hydrogen-bond acceptors (Lipinski definition) is 5. The highest BCUT2D eigenvalue weighted by Crippen LogP contribution is 2.24. The molecule has 0 spiro atoms. The van der Waals surface area contributed by atoms with Crippen LogP contribution >= 0.6 is 0 Å². The number of nitrogens with one attached hydrogen (secondary N) is 1. The van der Waals surface area contributed by atoms with E-state index in [1.165, 1.54) is 0 Å². The molecule has 0 atom stereocenters. The highest BCUT2D eigenvalue weighted by molar-refractivity contribution is 5.76. The SMILES string of the molecule is CC/C(=C/F)COc1ccc2nc(NCCC3COC3)oc2c1. The summed E-state index contributed by atoms with van der Waals surface area (Å²) in [4.78, 5) is 4.39. The number of benzene rings is 1. The van der Waals surface area contributed by atoms with Gasteiger partial charge in [-0.15, -0.1) is 0 Å². The minimum Gasteiger partial charge on any atom is -0.489 e. The van der Waals surface area contributed by atoms with Crippen molar-refractivity contribution in [2.45, 2.75) is 19.8 Å². The molecule has 6 heteroatoms. The van der Waals surface area contributed by atoms with E-state index in [9.17, 15) is 4.39 Å². The molecule has 1 aromatic carbocycles. The summed E-state index contributed by atoms with van der Waals surface area (Å²) in [5, 5.41) is 3.19. The number of anilines is 1. The van der Waals surface area contributed by atoms with E-state index >= 15 is 0 Å². The number of rotatable bonds is 8. The lowest BCUT2D eigenvalue weighted by molar-refractivity contribution is -0.0338. The molecule has 0 bridgehead atoms. The van der Waals surface area contributed by atoms with Crippen LogP contribution in [0.2, 0.25) is 0 Å². The average Bonchev–Trinajstić information content (AvgIpc) is 2.92. The van der Waals surface area contributed by atoms with Crippen LogP contribution in [0, 0.1) is 5.92 Å². The Morgan fingerprint density at radius 1 is 1.48 bits per heavy atom. The van der Waals surface area contributed by atoms with Crippen LogP contribution in [0.4, 0.5) is 10.4 Å². The minimum atomic E-state index is 0.237. The van der Waals surface area contributed by atoms with Crippen LogP contribution < -0.4 is 10.1 Å². The summed E-state index contributed by atoms with van der Waals surface area (Å²) in [5.74, 6) is 1.28. The van der Waals surface area contributed by atoms with Gasteiger partial charge in [0.1, 0.15) is 17.9 Å². The number of oxazole rings is 1. The van der Waals surface area contributed by atoms with Gasteiger partial charge in [0, 0.05) is 18.5 Å². The second-order valence-electron chi connectivity index (χ2n) is 5.68. The van der Waals surface area contributed by atoms with Gasteiger partial charge in [-0.05, 0) is 30.5 Å². The smallest absolute Gasteiger partial charge is 0.295 e. The first-order valence-electron chi connectivity index (χ1n) is 7.91. The molecule has 2 aromatic rings. The lowest BCUT2D eigenvalue weighted by atomic mass is 10.0. The molecule has 124 valence electrons. The van der Waals surface area contributed by atoms with Crippen LogP contribution in [0.3, 0.4) is 0 Å². The normalized spacial score (nSPS) is 15.7. The first-order chi connectivity index (χ1) is 11.3. The fourth-order valence-corrected chi connectivity index (χ4v) is 2.29. The van der Waals surface area contributed by atoms with Gasteiger partial charge >= 0.3 is 0 Å². The summed E-state index contributed by atoms with van der Waals surface area (Å²) in [7, 11) is 0. The highest BCUT2D eigenvalue weighted by atomic mass is 19.1. The predicted molar refractivity (Wildman–Crippen MR) is 86.4 cm³/mol. The van der Waals surface area contributed by atoms with E-state index in [2.05, 4.69) is 10.3 Å². The van der Waals surface area contributed by atoms with Gasteiger partial charge in [-0.25, -0.2) is 4.39 Å². The third kappa shape index (κ3) is 4.01. The lowest BCUT2D eigenvalue weighted by Crippen LogP contribution is -2.29. The van der Waals surface area contributed by atoms with E-state index in [0.29, 0.717) is 41.6 Å². The van der Waals surface area contributed by atoms with E-state index < -0.39 is 0 Å². The first kappa shape index (κ1) is 15.8. The van der Waals surface area contributed by atoms with Gasteiger partial charge in [-0.3, -0.25) is 0 Å². The zero-order chi connectivity index (χ0) is 16.1. The molecule has 0 amide bonds. The van der Waals surface area contributed by atoms with Crippen molar-refractivity contribution in [1.29, 1.82) is 0 Å². The minimum absolute atomic E-state index is 0.237. The van der Waals surface area contributed by atoms with E-state index in [4.69, 9.17) is 13.9 Å². The van der Waals surface area contributed by atoms with Crippen molar-refractivity contribution in [3.8, 4) is 5.75 Å². The molecule has 1 aliphatic heterocycles. The molecule has 0 radical (unpaired) electrons. The number of nitrogens with zero attached hydrogens (tertiary/aromatic N) is 1. The predicted octanol–water partition coefficient (Wildman–Crippen LogP) is 3.92. The number of fused-ring (bicyclic) bond motifs is 1. The maximum Gasteiger partial charge on any atom is 0.295 e. The van der Waals surface area contributed by atoms with Gasteiger partial charge in [-0.1, -0.05) is 6.92 Å². The van der Waals surface area contributed by atoms with Gasteiger partial charge < -0.3 is 19.2 Å². The Morgan fingerprint density at radius 2 is 2.35 bits per heavy atom. The van der Waals surface area contributed by atoms with Crippen LogP contribution in [0.1, 0.15) is 19.8 Å². The molecule has 0 saturated carbocycles. The monoisotopic (exact) mass is 320 g/mol. The van der Waals surface area contributed by atoms with Crippen LogP contribution in [-0.2, 0) is 4.74 Å². The molecular weight excluding hydrogens is 299 g/mol. The van der Waals surface area contributed by atoms with Gasteiger partial charge in [-0.2, -0.15) is 4.98 Å². The molecule has 1 aromatic heterocycles. The Morgan fingerprint density at radius 3 is 3.04 bits per heavy atom. The van der Waals surface area contributed by atoms with E-state index in [-0.39, 0.29) is 6.61 Å². The van der Waals surface area contributed by atoms with Crippen molar-refractivity contribution in [1.82, 2.24) is 4.98 Å². The summed E-state index contributed by atoms with van der Waals surface area (Å²) in [6, 6.07) is 5.93. The number of hydrogen-bond donors (Lipinski definition) is 1. The van der Waals surface area contributed by atoms with Gasteiger partial charge in [0.2, 0.25) is 0 Å². The molecule has 1 N–H and O–H groups in total. The number of aromatic nitrogens is 1. The quantitative estimate of drug-likeness (QED) is 0.799. The van der Waals surface area contributed by atoms with Crippen LogP contribution in [-0.4, -0.2) is 31.3 Å².